The summed E-state index contributed by atoms with van der Waals surface area (Å²) in [4.78, 5) is 0. The molecule has 0 heterocycles. The lowest BCUT2D eigenvalue weighted by molar-refractivity contribution is 0.0517. The number of hydrogen-bond donors (Lipinski definition) is 1. The summed E-state index contributed by atoms with van der Waals surface area (Å²) in [7, 11) is 0. The summed E-state index contributed by atoms with van der Waals surface area (Å²) >= 11 is 0. The van der Waals surface area contributed by atoms with Crippen molar-refractivity contribution in [2.45, 2.75) is 40.7 Å². The van der Waals surface area contributed by atoms with Gasteiger partial charge in [0.15, 0.2) is 0 Å². The standard InChI is InChI=1S/C9H20O/c1-6(2)8(5)9(10)7(3)4/h6-10H,1-5H3/t8-,9+/m1/s1. The fraction of sp³-hybridized carbons (Fsp3) is 1.00. The van der Waals surface area contributed by atoms with E-state index in [1.54, 1.807) is 0 Å². The number of aliphatic hydroxyl groups is 1. The molecule has 0 aliphatic heterocycles. The minimum absolute atomic E-state index is 0.139. The van der Waals surface area contributed by atoms with Crippen molar-refractivity contribution in [3.05, 3.63) is 0 Å². The van der Waals surface area contributed by atoms with Gasteiger partial charge in [0.2, 0.25) is 0 Å². The zero-order valence-electron chi connectivity index (χ0n) is 7.76. The van der Waals surface area contributed by atoms with Crippen molar-refractivity contribution in [3.8, 4) is 0 Å². The third kappa shape index (κ3) is 2.70. The zero-order valence-corrected chi connectivity index (χ0v) is 7.76. The average molecular weight is 144 g/mol. The molecule has 2 atom stereocenters. The van der Waals surface area contributed by atoms with Crippen LogP contribution in [-0.2, 0) is 0 Å². The summed E-state index contributed by atoms with van der Waals surface area (Å²) in [5, 5.41) is 9.57. The van der Waals surface area contributed by atoms with Crippen LogP contribution in [0, 0.1) is 17.8 Å². The van der Waals surface area contributed by atoms with Gasteiger partial charge in [-0.2, -0.15) is 0 Å². The molecule has 1 nitrogen and oxygen atoms in total. The van der Waals surface area contributed by atoms with Crippen molar-refractivity contribution >= 4 is 0 Å². The predicted octanol–water partition coefficient (Wildman–Crippen LogP) is 2.30. The second-order valence-electron chi connectivity index (χ2n) is 3.84. The molecule has 0 spiro atoms. The van der Waals surface area contributed by atoms with E-state index in [1.807, 2.05) is 0 Å². The molecule has 0 aromatic heterocycles. The second kappa shape index (κ2) is 3.97. The van der Waals surface area contributed by atoms with Crippen LogP contribution in [-0.4, -0.2) is 11.2 Å². The Kier molecular flexibility index (Phi) is 3.95. The third-order valence-corrected chi connectivity index (χ3v) is 2.27. The SMILES string of the molecule is CC(C)[C@@H](C)[C@@H](O)C(C)C. The molecule has 0 amide bonds. The second-order valence-corrected chi connectivity index (χ2v) is 3.84. The van der Waals surface area contributed by atoms with E-state index < -0.39 is 0 Å². The highest BCUT2D eigenvalue weighted by Crippen LogP contribution is 2.19. The molecular formula is C9H20O. The lowest BCUT2D eigenvalue weighted by Gasteiger charge is -2.25. The largest absolute Gasteiger partial charge is 0.393 e. The van der Waals surface area contributed by atoms with Gasteiger partial charge < -0.3 is 5.11 Å². The molecule has 1 heteroatoms. The van der Waals surface area contributed by atoms with Crippen LogP contribution in [0.25, 0.3) is 0 Å². The Balaban J connectivity index is 3.81. The van der Waals surface area contributed by atoms with E-state index in [2.05, 4.69) is 34.6 Å². The Bertz CT molecular complexity index is 74.7. The molecule has 1 N–H and O–H groups in total. The molecule has 0 saturated heterocycles. The zero-order chi connectivity index (χ0) is 8.31. The molecule has 10 heavy (non-hydrogen) atoms. The molecule has 0 saturated carbocycles. The minimum atomic E-state index is -0.139. The first-order valence-electron chi connectivity index (χ1n) is 4.14. The quantitative estimate of drug-likeness (QED) is 0.644. The lowest BCUT2D eigenvalue weighted by atomic mass is 9.86. The number of hydrogen-bond acceptors (Lipinski definition) is 1. The van der Waals surface area contributed by atoms with Crippen molar-refractivity contribution in [1.29, 1.82) is 0 Å². The smallest absolute Gasteiger partial charge is 0.0591 e. The monoisotopic (exact) mass is 144 g/mol. The highest BCUT2D eigenvalue weighted by Gasteiger charge is 2.19. The van der Waals surface area contributed by atoms with Crippen LogP contribution < -0.4 is 0 Å². The van der Waals surface area contributed by atoms with Gasteiger partial charge in [0.25, 0.3) is 0 Å². The summed E-state index contributed by atoms with van der Waals surface area (Å²) in [5.74, 6) is 1.38. The molecule has 0 aliphatic carbocycles. The minimum Gasteiger partial charge on any atom is -0.393 e. The molecule has 0 unspecified atom stereocenters. The highest BCUT2D eigenvalue weighted by atomic mass is 16.3. The van der Waals surface area contributed by atoms with E-state index in [9.17, 15) is 5.11 Å². The van der Waals surface area contributed by atoms with Crippen molar-refractivity contribution in [1.82, 2.24) is 0 Å². The number of aliphatic hydroxyl groups excluding tert-OH is 1. The molecule has 62 valence electrons. The molecule has 0 aromatic carbocycles. The van der Waals surface area contributed by atoms with Crippen LogP contribution in [0.3, 0.4) is 0 Å². The van der Waals surface area contributed by atoms with E-state index in [0.29, 0.717) is 17.8 Å². The maximum atomic E-state index is 9.57. The van der Waals surface area contributed by atoms with E-state index in [4.69, 9.17) is 0 Å². The van der Waals surface area contributed by atoms with Gasteiger partial charge in [0.1, 0.15) is 0 Å². The topological polar surface area (TPSA) is 20.2 Å². The van der Waals surface area contributed by atoms with Crippen LogP contribution in [0.15, 0.2) is 0 Å². The summed E-state index contributed by atoms with van der Waals surface area (Å²) in [6, 6.07) is 0. The number of rotatable bonds is 3. The van der Waals surface area contributed by atoms with Crippen molar-refractivity contribution in [3.63, 3.8) is 0 Å². The molecule has 0 bridgehead atoms. The summed E-state index contributed by atoms with van der Waals surface area (Å²) in [6.07, 6.45) is -0.139. The van der Waals surface area contributed by atoms with Gasteiger partial charge in [-0.3, -0.25) is 0 Å². The molecule has 0 fully saturated rings. The lowest BCUT2D eigenvalue weighted by Crippen LogP contribution is -2.27. The van der Waals surface area contributed by atoms with E-state index in [0.717, 1.165) is 0 Å². The fourth-order valence-electron chi connectivity index (χ4n) is 1.00. The van der Waals surface area contributed by atoms with Gasteiger partial charge >= 0.3 is 0 Å². The van der Waals surface area contributed by atoms with Gasteiger partial charge in [0.05, 0.1) is 6.10 Å². The predicted molar refractivity (Wildman–Crippen MR) is 44.8 cm³/mol. The first-order chi connectivity index (χ1) is 4.46. The van der Waals surface area contributed by atoms with Crippen LogP contribution >= 0.6 is 0 Å². The summed E-state index contributed by atoms with van der Waals surface area (Å²) in [6.45, 7) is 10.5. The Morgan fingerprint density at radius 2 is 1.20 bits per heavy atom. The Hall–Kier alpha value is -0.0400. The fourth-order valence-corrected chi connectivity index (χ4v) is 1.00. The highest BCUT2D eigenvalue weighted by molar-refractivity contribution is 4.69. The molecule has 0 aromatic rings. The summed E-state index contributed by atoms with van der Waals surface area (Å²) in [5.41, 5.74) is 0. The van der Waals surface area contributed by atoms with Crippen LogP contribution in [0.5, 0.6) is 0 Å². The van der Waals surface area contributed by atoms with Crippen molar-refractivity contribution in [2.24, 2.45) is 17.8 Å². The van der Waals surface area contributed by atoms with Crippen molar-refractivity contribution < 1.29 is 5.11 Å². The van der Waals surface area contributed by atoms with E-state index >= 15 is 0 Å². The van der Waals surface area contributed by atoms with Crippen molar-refractivity contribution in [2.75, 3.05) is 0 Å². The average Bonchev–Trinajstić information content (AvgIpc) is 1.84. The van der Waals surface area contributed by atoms with Gasteiger partial charge in [-0.25, -0.2) is 0 Å². The molecular weight excluding hydrogens is 124 g/mol. The Morgan fingerprint density at radius 1 is 0.800 bits per heavy atom. The normalized spacial score (nSPS) is 18.0. The van der Waals surface area contributed by atoms with Crippen LogP contribution in [0.4, 0.5) is 0 Å². The van der Waals surface area contributed by atoms with E-state index in [1.165, 1.54) is 0 Å². The first kappa shape index (κ1) is 9.96. The maximum absolute atomic E-state index is 9.57. The molecule has 0 radical (unpaired) electrons. The first-order valence-corrected chi connectivity index (χ1v) is 4.14. The molecule has 0 aliphatic rings. The van der Waals surface area contributed by atoms with E-state index in [-0.39, 0.29) is 6.10 Å². The van der Waals surface area contributed by atoms with Gasteiger partial charge in [-0.15, -0.1) is 0 Å². The van der Waals surface area contributed by atoms with Gasteiger partial charge in [0, 0.05) is 0 Å². The summed E-state index contributed by atoms with van der Waals surface area (Å²) < 4.78 is 0. The third-order valence-electron chi connectivity index (χ3n) is 2.27. The van der Waals surface area contributed by atoms with Crippen LogP contribution in [0.1, 0.15) is 34.6 Å². The van der Waals surface area contributed by atoms with Crippen LogP contribution in [0.2, 0.25) is 0 Å². The maximum Gasteiger partial charge on any atom is 0.0591 e. The van der Waals surface area contributed by atoms with Gasteiger partial charge in [-0.1, -0.05) is 34.6 Å². The molecule has 0 rings (SSSR count). The Morgan fingerprint density at radius 3 is 1.30 bits per heavy atom. The Labute approximate surface area is 64.5 Å². The van der Waals surface area contributed by atoms with Gasteiger partial charge in [-0.05, 0) is 17.8 Å².